The number of nitrogens with zero attached hydrogens (tertiary/aromatic N) is 2. The number of hydrogen-bond acceptors (Lipinski definition) is 4. The number of nitrogens with one attached hydrogen (secondary N) is 1. The number of likely N-dealkylation sites (tertiary alicyclic amines) is 1. The van der Waals surface area contributed by atoms with Crippen molar-refractivity contribution in [3.8, 4) is 0 Å². The highest BCUT2D eigenvalue weighted by Gasteiger charge is 2.28. The van der Waals surface area contributed by atoms with Gasteiger partial charge in [0.05, 0.1) is 11.7 Å². The van der Waals surface area contributed by atoms with Gasteiger partial charge in [0.25, 0.3) is 0 Å². The van der Waals surface area contributed by atoms with Gasteiger partial charge in [-0.25, -0.2) is 4.98 Å². The van der Waals surface area contributed by atoms with Gasteiger partial charge in [-0.15, -0.1) is 0 Å². The summed E-state index contributed by atoms with van der Waals surface area (Å²) in [4.78, 5) is 18.4. The van der Waals surface area contributed by atoms with Crippen molar-refractivity contribution < 1.29 is 9.53 Å². The summed E-state index contributed by atoms with van der Waals surface area (Å²) < 4.78 is 5.39. The minimum atomic E-state index is 0.141. The number of anilines is 1. The molecule has 22 heavy (non-hydrogen) atoms. The first-order valence-corrected chi connectivity index (χ1v) is 8.30. The molecule has 2 aliphatic rings. The van der Waals surface area contributed by atoms with Crippen molar-refractivity contribution in [3.63, 3.8) is 0 Å². The van der Waals surface area contributed by atoms with E-state index in [0.29, 0.717) is 5.92 Å². The first kappa shape index (κ1) is 15.3. The fourth-order valence-corrected chi connectivity index (χ4v) is 3.39. The largest absolute Gasteiger partial charge is 0.381 e. The van der Waals surface area contributed by atoms with E-state index in [1.807, 2.05) is 23.1 Å². The molecule has 0 unspecified atom stereocenters. The normalized spacial score (nSPS) is 22.8. The van der Waals surface area contributed by atoms with E-state index < -0.39 is 0 Å². The summed E-state index contributed by atoms with van der Waals surface area (Å²) in [6.45, 7) is 5.18. The predicted octanol–water partition coefficient (Wildman–Crippen LogP) is 2.60. The molecule has 0 spiro atoms. The van der Waals surface area contributed by atoms with Crippen LogP contribution in [0.5, 0.6) is 0 Å². The molecule has 1 amide bonds. The fourth-order valence-electron chi connectivity index (χ4n) is 3.39. The molecule has 2 saturated heterocycles. The smallest absolute Gasteiger partial charge is 0.220 e. The van der Waals surface area contributed by atoms with Gasteiger partial charge < -0.3 is 15.0 Å². The molecule has 120 valence electrons. The zero-order valence-corrected chi connectivity index (χ0v) is 13.3. The highest BCUT2D eigenvalue weighted by atomic mass is 16.5. The Bertz CT molecular complexity index is 514. The van der Waals surface area contributed by atoms with E-state index in [2.05, 4.69) is 5.32 Å². The summed E-state index contributed by atoms with van der Waals surface area (Å²) in [6.07, 6.45) is 4.31. The third-order valence-electron chi connectivity index (χ3n) is 4.68. The van der Waals surface area contributed by atoms with Gasteiger partial charge in [-0.05, 0) is 43.7 Å². The highest BCUT2D eigenvalue weighted by molar-refractivity contribution is 5.74. The molecule has 0 radical (unpaired) electrons. The van der Waals surface area contributed by atoms with Gasteiger partial charge in [0, 0.05) is 33.2 Å². The average Bonchev–Trinajstić information content (AvgIpc) is 3.04. The van der Waals surface area contributed by atoms with Crippen molar-refractivity contribution in [2.24, 2.45) is 5.92 Å². The molecule has 5 nitrogen and oxygen atoms in total. The minimum absolute atomic E-state index is 0.141. The van der Waals surface area contributed by atoms with Crippen LogP contribution >= 0.6 is 0 Å². The second kappa shape index (κ2) is 7.09. The Morgan fingerprint density at radius 3 is 2.95 bits per heavy atom. The lowest BCUT2D eigenvalue weighted by molar-refractivity contribution is -0.129. The predicted molar refractivity (Wildman–Crippen MR) is 85.6 cm³/mol. The van der Waals surface area contributed by atoms with E-state index in [0.717, 1.165) is 63.5 Å². The molecule has 1 N–H and O–H groups in total. The van der Waals surface area contributed by atoms with Crippen LogP contribution in [0.25, 0.3) is 0 Å². The standard InChI is InChI=1S/C17H25N3O2/c1-13(21)20-9-3-5-16(20)15-4-2-6-17(19-15)18-12-14-7-10-22-11-8-14/h2,4,6,14,16H,3,5,7-12H2,1H3,(H,18,19)/t16-/m1/s1. The topological polar surface area (TPSA) is 54.5 Å². The number of aromatic nitrogens is 1. The van der Waals surface area contributed by atoms with Crippen LogP contribution in [0.15, 0.2) is 18.2 Å². The number of pyridine rings is 1. The minimum Gasteiger partial charge on any atom is -0.381 e. The van der Waals surface area contributed by atoms with Gasteiger partial charge in [0.15, 0.2) is 0 Å². The van der Waals surface area contributed by atoms with Gasteiger partial charge in [-0.3, -0.25) is 4.79 Å². The molecule has 3 heterocycles. The lowest BCUT2D eigenvalue weighted by atomic mass is 10.0. The lowest BCUT2D eigenvalue weighted by Gasteiger charge is -2.24. The summed E-state index contributed by atoms with van der Waals surface area (Å²) in [5, 5.41) is 3.45. The van der Waals surface area contributed by atoms with Crippen LogP contribution in [0.3, 0.4) is 0 Å². The number of rotatable bonds is 4. The summed E-state index contributed by atoms with van der Waals surface area (Å²) in [7, 11) is 0. The van der Waals surface area contributed by atoms with Crippen molar-refractivity contribution in [2.45, 2.75) is 38.6 Å². The monoisotopic (exact) mass is 303 g/mol. The average molecular weight is 303 g/mol. The Labute approximate surface area is 132 Å². The molecule has 3 rings (SSSR count). The van der Waals surface area contributed by atoms with Crippen molar-refractivity contribution in [1.29, 1.82) is 0 Å². The van der Waals surface area contributed by atoms with E-state index in [4.69, 9.17) is 9.72 Å². The first-order chi connectivity index (χ1) is 10.7. The zero-order chi connectivity index (χ0) is 15.4. The van der Waals surface area contributed by atoms with Crippen LogP contribution in [0, 0.1) is 5.92 Å². The maximum absolute atomic E-state index is 11.7. The molecular weight excluding hydrogens is 278 g/mol. The second-order valence-electron chi connectivity index (χ2n) is 6.25. The van der Waals surface area contributed by atoms with Gasteiger partial charge in [-0.1, -0.05) is 6.07 Å². The quantitative estimate of drug-likeness (QED) is 0.929. The lowest BCUT2D eigenvalue weighted by Crippen LogP contribution is -2.28. The number of ether oxygens (including phenoxy) is 1. The summed E-state index contributed by atoms with van der Waals surface area (Å²) >= 11 is 0. The van der Waals surface area contributed by atoms with E-state index in [-0.39, 0.29) is 11.9 Å². The molecule has 1 aromatic rings. The Hall–Kier alpha value is -1.62. The van der Waals surface area contributed by atoms with Crippen LogP contribution in [-0.2, 0) is 9.53 Å². The summed E-state index contributed by atoms with van der Waals surface area (Å²) in [6, 6.07) is 6.22. The van der Waals surface area contributed by atoms with E-state index >= 15 is 0 Å². The Morgan fingerprint density at radius 2 is 2.18 bits per heavy atom. The number of amides is 1. The molecule has 0 saturated carbocycles. The Kier molecular flexibility index (Phi) is 4.93. The van der Waals surface area contributed by atoms with E-state index in [1.165, 1.54) is 0 Å². The molecule has 0 bridgehead atoms. The van der Waals surface area contributed by atoms with Crippen LogP contribution in [-0.4, -0.2) is 42.1 Å². The third-order valence-corrected chi connectivity index (χ3v) is 4.68. The van der Waals surface area contributed by atoms with E-state index in [1.54, 1.807) is 6.92 Å². The molecule has 2 fully saturated rings. The zero-order valence-electron chi connectivity index (χ0n) is 13.3. The Morgan fingerprint density at radius 1 is 1.36 bits per heavy atom. The summed E-state index contributed by atoms with van der Waals surface area (Å²) in [5.41, 5.74) is 1.00. The van der Waals surface area contributed by atoms with Crippen LogP contribution in [0.1, 0.15) is 44.3 Å². The number of hydrogen-bond donors (Lipinski definition) is 1. The highest BCUT2D eigenvalue weighted by Crippen LogP contribution is 2.31. The molecule has 5 heteroatoms. The molecule has 0 aromatic carbocycles. The maximum atomic E-state index is 11.7. The third kappa shape index (κ3) is 3.58. The molecule has 1 aromatic heterocycles. The molecule has 1 atom stereocenters. The van der Waals surface area contributed by atoms with Crippen molar-refractivity contribution >= 4 is 11.7 Å². The van der Waals surface area contributed by atoms with E-state index in [9.17, 15) is 4.79 Å². The van der Waals surface area contributed by atoms with Crippen molar-refractivity contribution in [2.75, 3.05) is 31.6 Å². The summed E-state index contributed by atoms with van der Waals surface area (Å²) in [5.74, 6) is 1.73. The van der Waals surface area contributed by atoms with Crippen LogP contribution in [0.2, 0.25) is 0 Å². The SMILES string of the molecule is CC(=O)N1CCC[C@@H]1c1cccc(NCC2CCOCC2)n1. The van der Waals surface area contributed by atoms with Crippen molar-refractivity contribution in [3.05, 3.63) is 23.9 Å². The van der Waals surface area contributed by atoms with Gasteiger partial charge in [0.1, 0.15) is 5.82 Å². The fraction of sp³-hybridized carbons (Fsp3) is 0.647. The molecule has 0 aliphatic carbocycles. The number of carbonyl (C=O) groups is 1. The van der Waals surface area contributed by atoms with Gasteiger partial charge in [0.2, 0.25) is 5.91 Å². The van der Waals surface area contributed by atoms with Gasteiger partial charge >= 0.3 is 0 Å². The number of carbonyl (C=O) groups excluding carboxylic acids is 1. The van der Waals surface area contributed by atoms with Crippen LogP contribution < -0.4 is 5.32 Å². The Balaban J connectivity index is 1.63. The first-order valence-electron chi connectivity index (χ1n) is 8.30. The maximum Gasteiger partial charge on any atom is 0.220 e. The second-order valence-corrected chi connectivity index (χ2v) is 6.25. The van der Waals surface area contributed by atoms with Crippen molar-refractivity contribution in [1.82, 2.24) is 9.88 Å². The van der Waals surface area contributed by atoms with Gasteiger partial charge in [-0.2, -0.15) is 0 Å². The molecular formula is C17H25N3O2. The van der Waals surface area contributed by atoms with Crippen LogP contribution in [0.4, 0.5) is 5.82 Å². The molecule has 2 aliphatic heterocycles.